The minimum atomic E-state index is -0.861. The van der Waals surface area contributed by atoms with Crippen LogP contribution in [0.5, 0.6) is 0 Å². The van der Waals surface area contributed by atoms with Gasteiger partial charge in [0.1, 0.15) is 0 Å². The molecular formula is C19H19NO3S. The van der Waals surface area contributed by atoms with Crippen molar-refractivity contribution in [1.82, 2.24) is 0 Å². The van der Waals surface area contributed by atoms with Crippen LogP contribution in [0, 0.1) is 5.92 Å². The van der Waals surface area contributed by atoms with E-state index in [1.807, 2.05) is 6.07 Å². The van der Waals surface area contributed by atoms with Crippen molar-refractivity contribution in [3.63, 3.8) is 0 Å². The summed E-state index contributed by atoms with van der Waals surface area (Å²) in [4.78, 5) is 36.1. The number of carbonyl (C=O) groups is 3. The van der Waals surface area contributed by atoms with E-state index >= 15 is 0 Å². The molecule has 2 N–H and O–H groups in total. The highest BCUT2D eigenvalue weighted by molar-refractivity contribution is 7.96. The second-order valence-electron chi connectivity index (χ2n) is 5.63. The molecule has 124 valence electrons. The summed E-state index contributed by atoms with van der Waals surface area (Å²) >= 11 is 3.68. The molecule has 0 saturated carbocycles. The van der Waals surface area contributed by atoms with Gasteiger partial charge in [-0.3, -0.25) is 14.4 Å². The Balaban J connectivity index is 2.25. The number of thiol groups is 1. The van der Waals surface area contributed by atoms with E-state index in [-0.39, 0.29) is 18.0 Å². The number of benzene rings is 2. The third kappa shape index (κ3) is 4.19. The second kappa shape index (κ2) is 8.04. The van der Waals surface area contributed by atoms with Crippen molar-refractivity contribution in [2.45, 2.75) is 19.4 Å². The number of rotatable bonds is 7. The van der Waals surface area contributed by atoms with Gasteiger partial charge in [0.25, 0.3) is 0 Å². The highest BCUT2D eigenvalue weighted by atomic mass is 32.1. The number of Topliss-reactive ketones (excluding diaryl/α,β-unsaturated/α-hetero) is 1. The summed E-state index contributed by atoms with van der Waals surface area (Å²) in [7, 11) is 0. The molecule has 0 amide bonds. The molecule has 5 heteroatoms. The number of ketones is 2. The number of nitrogens with two attached hydrogens (primary N) is 1. The lowest BCUT2D eigenvalue weighted by Crippen LogP contribution is -2.38. The van der Waals surface area contributed by atoms with Crippen molar-refractivity contribution in [3.8, 4) is 0 Å². The molecular weight excluding hydrogens is 322 g/mol. The van der Waals surface area contributed by atoms with Gasteiger partial charge in [-0.15, -0.1) is 12.6 Å². The minimum Gasteiger partial charge on any atom is -0.321 e. The van der Waals surface area contributed by atoms with Gasteiger partial charge in [-0.25, -0.2) is 0 Å². The normalized spacial score (nSPS) is 13.1. The smallest absolute Gasteiger partial charge is 0.196 e. The number of carbonyl (C=O) groups excluding carboxylic acids is 3. The molecule has 0 aliphatic heterocycles. The van der Waals surface area contributed by atoms with Crippen LogP contribution >= 0.6 is 12.6 Å². The summed E-state index contributed by atoms with van der Waals surface area (Å²) in [6.07, 6.45) is 0.193. The molecule has 2 aromatic carbocycles. The fourth-order valence-corrected chi connectivity index (χ4v) is 2.57. The van der Waals surface area contributed by atoms with Crippen LogP contribution in [0.4, 0.5) is 0 Å². The molecule has 0 saturated heterocycles. The predicted molar refractivity (Wildman–Crippen MR) is 96.2 cm³/mol. The van der Waals surface area contributed by atoms with E-state index in [1.165, 1.54) is 6.92 Å². The first-order chi connectivity index (χ1) is 11.4. The van der Waals surface area contributed by atoms with Gasteiger partial charge in [-0.1, -0.05) is 54.6 Å². The molecule has 2 aromatic rings. The van der Waals surface area contributed by atoms with Crippen LogP contribution in [0.2, 0.25) is 0 Å². The van der Waals surface area contributed by atoms with Crippen LogP contribution in [0.25, 0.3) is 0 Å². The molecule has 0 aliphatic carbocycles. The third-order valence-corrected chi connectivity index (χ3v) is 4.29. The van der Waals surface area contributed by atoms with Gasteiger partial charge in [0.2, 0.25) is 0 Å². The first-order valence-corrected chi connectivity index (χ1v) is 8.06. The van der Waals surface area contributed by atoms with Crippen molar-refractivity contribution in [3.05, 3.63) is 71.3 Å². The van der Waals surface area contributed by atoms with E-state index in [0.717, 1.165) is 0 Å². The molecule has 2 atom stereocenters. The maximum atomic E-state index is 12.7. The van der Waals surface area contributed by atoms with E-state index < -0.39 is 17.1 Å². The molecule has 0 aliphatic rings. The maximum absolute atomic E-state index is 12.7. The molecule has 0 radical (unpaired) electrons. The molecule has 1 unspecified atom stereocenters. The van der Waals surface area contributed by atoms with Gasteiger partial charge in [0.15, 0.2) is 16.7 Å². The molecule has 0 fully saturated rings. The Morgan fingerprint density at radius 2 is 1.58 bits per heavy atom. The van der Waals surface area contributed by atoms with Crippen molar-refractivity contribution >= 4 is 29.3 Å². The van der Waals surface area contributed by atoms with Crippen LogP contribution in [0.3, 0.4) is 0 Å². The molecule has 0 heterocycles. The maximum Gasteiger partial charge on any atom is 0.196 e. The van der Waals surface area contributed by atoms with E-state index in [4.69, 9.17) is 5.73 Å². The van der Waals surface area contributed by atoms with Crippen LogP contribution in [-0.2, 0) is 16.0 Å². The summed E-state index contributed by atoms with van der Waals surface area (Å²) in [5, 5.41) is -0.510. The largest absolute Gasteiger partial charge is 0.321 e. The topological polar surface area (TPSA) is 77.2 Å². The van der Waals surface area contributed by atoms with Crippen molar-refractivity contribution in [1.29, 1.82) is 0 Å². The molecule has 2 rings (SSSR count). The average molecular weight is 341 g/mol. The van der Waals surface area contributed by atoms with Crippen LogP contribution in [0.15, 0.2) is 54.6 Å². The lowest BCUT2D eigenvalue weighted by Gasteiger charge is -2.16. The monoisotopic (exact) mass is 341 g/mol. The highest BCUT2D eigenvalue weighted by Crippen LogP contribution is 2.17. The van der Waals surface area contributed by atoms with Crippen LogP contribution < -0.4 is 5.73 Å². The van der Waals surface area contributed by atoms with E-state index in [9.17, 15) is 14.4 Å². The standard InChI is InChI=1S/C19H19NO3S/c1-12(19(23)24)17(21)16(20)11-14-9-5-6-10-15(14)18(22)13-7-3-2-4-8-13/h2-10,12,16H,11,20H2,1H3,(H,23,24)/t12?,16-/m0/s1. The second-order valence-corrected chi connectivity index (χ2v) is 6.07. The van der Waals surface area contributed by atoms with Crippen molar-refractivity contribution in [2.24, 2.45) is 11.7 Å². The van der Waals surface area contributed by atoms with Gasteiger partial charge in [-0.05, 0) is 18.9 Å². The summed E-state index contributed by atoms with van der Waals surface area (Å²) in [6, 6.07) is 15.1. The Hall–Kier alpha value is -2.24. The SMILES string of the molecule is CC(C(=O)S)C(=O)[C@@H](N)Cc1ccccc1C(=O)c1ccccc1. The molecule has 4 nitrogen and oxygen atoms in total. The number of hydrogen-bond donors (Lipinski definition) is 2. The average Bonchev–Trinajstić information content (AvgIpc) is 2.60. The van der Waals surface area contributed by atoms with E-state index in [0.29, 0.717) is 16.7 Å². The Bertz CT molecular complexity index is 758. The van der Waals surface area contributed by atoms with Gasteiger partial charge in [-0.2, -0.15) is 0 Å². The Morgan fingerprint density at radius 1 is 1.00 bits per heavy atom. The first-order valence-electron chi connectivity index (χ1n) is 7.61. The zero-order valence-electron chi connectivity index (χ0n) is 13.3. The molecule has 24 heavy (non-hydrogen) atoms. The quantitative estimate of drug-likeness (QED) is 0.461. The Morgan fingerprint density at radius 3 is 2.21 bits per heavy atom. The fourth-order valence-electron chi connectivity index (χ4n) is 2.45. The Labute approximate surface area is 146 Å². The summed E-state index contributed by atoms with van der Waals surface area (Å²) < 4.78 is 0. The lowest BCUT2D eigenvalue weighted by molar-refractivity contribution is -0.128. The minimum absolute atomic E-state index is 0.121. The van der Waals surface area contributed by atoms with Crippen molar-refractivity contribution in [2.75, 3.05) is 0 Å². The zero-order valence-corrected chi connectivity index (χ0v) is 14.2. The number of hydrogen-bond acceptors (Lipinski definition) is 4. The van der Waals surface area contributed by atoms with Gasteiger partial charge in [0.05, 0.1) is 12.0 Å². The molecule has 0 aromatic heterocycles. The van der Waals surface area contributed by atoms with Crippen molar-refractivity contribution < 1.29 is 14.4 Å². The highest BCUT2D eigenvalue weighted by Gasteiger charge is 2.26. The van der Waals surface area contributed by atoms with Crippen LogP contribution in [-0.4, -0.2) is 22.7 Å². The van der Waals surface area contributed by atoms with E-state index in [1.54, 1.807) is 48.5 Å². The molecule has 0 spiro atoms. The molecule has 0 bridgehead atoms. The third-order valence-electron chi connectivity index (χ3n) is 3.90. The first kappa shape index (κ1) is 18.1. The summed E-state index contributed by atoms with van der Waals surface area (Å²) in [5.74, 6) is -1.36. The lowest BCUT2D eigenvalue weighted by atomic mass is 9.91. The zero-order chi connectivity index (χ0) is 17.7. The van der Waals surface area contributed by atoms with Crippen LogP contribution in [0.1, 0.15) is 28.4 Å². The Kier molecular flexibility index (Phi) is 6.06. The van der Waals surface area contributed by atoms with Gasteiger partial charge < -0.3 is 5.73 Å². The van der Waals surface area contributed by atoms with E-state index in [2.05, 4.69) is 12.6 Å². The van der Waals surface area contributed by atoms with Gasteiger partial charge >= 0.3 is 0 Å². The van der Waals surface area contributed by atoms with Gasteiger partial charge in [0, 0.05) is 11.1 Å². The fraction of sp³-hybridized carbons (Fsp3) is 0.211. The summed E-state index contributed by atoms with van der Waals surface area (Å²) in [6.45, 7) is 1.48. The predicted octanol–water partition coefficient (Wildman–Crippen LogP) is 2.45. The summed E-state index contributed by atoms with van der Waals surface area (Å²) in [5.41, 5.74) is 7.72.